The van der Waals surface area contributed by atoms with Crippen molar-refractivity contribution in [2.24, 2.45) is 46.3 Å². The monoisotopic (exact) mass is 472 g/mol. The third-order valence-electron chi connectivity index (χ3n) is 11.0. The Morgan fingerprint density at radius 1 is 1.06 bits per heavy atom. The molecule has 0 aromatic heterocycles. The van der Waals surface area contributed by atoms with Gasteiger partial charge >= 0.3 is 5.97 Å². The minimum Gasteiger partial charge on any atom is -0.462 e. The van der Waals surface area contributed by atoms with Crippen molar-refractivity contribution >= 4 is 5.97 Å². The van der Waals surface area contributed by atoms with Gasteiger partial charge in [-0.15, -0.1) is 0 Å². The van der Waals surface area contributed by atoms with Crippen molar-refractivity contribution in [3.8, 4) is 0 Å². The van der Waals surface area contributed by atoms with Gasteiger partial charge in [0, 0.05) is 18.8 Å². The molecule has 4 heteroatoms. The summed E-state index contributed by atoms with van der Waals surface area (Å²) < 4.78 is 5.48. The average molecular weight is 473 g/mol. The zero-order chi connectivity index (χ0) is 25.1. The van der Waals surface area contributed by atoms with Crippen LogP contribution in [-0.2, 0) is 9.53 Å². The van der Waals surface area contributed by atoms with E-state index in [-0.39, 0.29) is 22.9 Å². The molecular formula is C30H48O4. The van der Waals surface area contributed by atoms with E-state index < -0.39 is 11.7 Å². The second kappa shape index (κ2) is 9.07. The fraction of sp³-hybridized carbons (Fsp3) is 0.833. The van der Waals surface area contributed by atoms with Crippen LogP contribution in [-0.4, -0.2) is 34.0 Å². The van der Waals surface area contributed by atoms with Crippen molar-refractivity contribution < 1.29 is 19.7 Å². The van der Waals surface area contributed by atoms with Gasteiger partial charge in [-0.05, 0) is 79.4 Å². The predicted octanol–water partition coefficient (Wildman–Crippen LogP) is 6.07. The van der Waals surface area contributed by atoms with Crippen LogP contribution >= 0.6 is 0 Å². The standard InChI is InChI=1S/C30H48O4/c1-18(2)19(3)8-9-20(4)24-10-11-25-23-16-27(32)30(33)17-22(34-21(5)31)12-15-29(30,7)26(23)13-14-28(24,25)6/h8-9,16,18-20,22,24-27,32-33H,10-15,17H2,1-7H3/b9-8-/t19?,20?,22-,24+,25?,26?,27?,28+,29+,30?/m1/s1. The number of carbonyl (C=O) groups excluding carboxylic acids is 1. The second-order valence-corrected chi connectivity index (χ2v) is 13.1. The van der Waals surface area contributed by atoms with Crippen LogP contribution < -0.4 is 0 Å². The van der Waals surface area contributed by atoms with Crippen LogP contribution in [0, 0.1) is 46.3 Å². The van der Waals surface area contributed by atoms with E-state index in [2.05, 4.69) is 53.7 Å². The molecule has 4 nitrogen and oxygen atoms in total. The zero-order valence-electron chi connectivity index (χ0n) is 22.5. The summed E-state index contributed by atoms with van der Waals surface area (Å²) in [6, 6.07) is 0. The van der Waals surface area contributed by atoms with Crippen LogP contribution in [0.3, 0.4) is 0 Å². The lowest BCUT2D eigenvalue weighted by molar-refractivity contribution is -0.216. The molecule has 0 saturated heterocycles. The molecular weight excluding hydrogens is 424 g/mol. The first-order valence-corrected chi connectivity index (χ1v) is 13.8. The van der Waals surface area contributed by atoms with E-state index in [0.29, 0.717) is 41.9 Å². The first-order chi connectivity index (χ1) is 15.8. The lowest BCUT2D eigenvalue weighted by Crippen LogP contribution is -2.65. The number of hydrogen-bond donors (Lipinski definition) is 2. The summed E-state index contributed by atoms with van der Waals surface area (Å²) >= 11 is 0. The van der Waals surface area contributed by atoms with Gasteiger partial charge in [0.05, 0.1) is 0 Å². The van der Waals surface area contributed by atoms with Gasteiger partial charge in [0.25, 0.3) is 0 Å². The van der Waals surface area contributed by atoms with Crippen molar-refractivity contribution in [2.45, 2.75) is 111 Å². The van der Waals surface area contributed by atoms with Crippen LogP contribution in [0.2, 0.25) is 0 Å². The smallest absolute Gasteiger partial charge is 0.302 e. The zero-order valence-corrected chi connectivity index (χ0v) is 22.5. The first-order valence-electron chi connectivity index (χ1n) is 13.8. The number of aliphatic hydroxyl groups is 2. The minimum atomic E-state index is -1.24. The van der Waals surface area contributed by atoms with Gasteiger partial charge in [-0.25, -0.2) is 0 Å². The van der Waals surface area contributed by atoms with Crippen LogP contribution in [0.15, 0.2) is 23.8 Å². The number of carbonyl (C=O) groups is 1. The maximum atomic E-state index is 11.9. The molecule has 3 fully saturated rings. The molecule has 34 heavy (non-hydrogen) atoms. The Hall–Kier alpha value is -1.13. The molecule has 2 N–H and O–H groups in total. The van der Waals surface area contributed by atoms with Gasteiger partial charge in [0.1, 0.15) is 17.8 Å². The molecule has 192 valence electrons. The van der Waals surface area contributed by atoms with Gasteiger partial charge < -0.3 is 14.9 Å². The largest absolute Gasteiger partial charge is 0.462 e. The molecule has 4 aliphatic carbocycles. The predicted molar refractivity (Wildman–Crippen MR) is 136 cm³/mol. The molecule has 3 saturated carbocycles. The molecule has 4 aliphatic rings. The van der Waals surface area contributed by atoms with Gasteiger partial charge in [-0.2, -0.15) is 0 Å². The maximum Gasteiger partial charge on any atom is 0.302 e. The van der Waals surface area contributed by atoms with Gasteiger partial charge in [-0.1, -0.05) is 65.3 Å². The van der Waals surface area contributed by atoms with Crippen LogP contribution in [0.25, 0.3) is 0 Å². The molecule has 4 rings (SSSR count). The van der Waals surface area contributed by atoms with Crippen LogP contribution in [0.5, 0.6) is 0 Å². The van der Waals surface area contributed by atoms with Crippen molar-refractivity contribution in [3.05, 3.63) is 23.8 Å². The third-order valence-corrected chi connectivity index (χ3v) is 11.0. The highest BCUT2D eigenvalue weighted by Gasteiger charge is 2.65. The highest BCUT2D eigenvalue weighted by molar-refractivity contribution is 5.66. The quantitative estimate of drug-likeness (QED) is 0.377. The molecule has 0 heterocycles. The normalized spacial score (nSPS) is 45.8. The fourth-order valence-electron chi connectivity index (χ4n) is 8.47. The summed E-state index contributed by atoms with van der Waals surface area (Å²) in [5.74, 6) is 2.93. The fourth-order valence-corrected chi connectivity index (χ4v) is 8.47. The first kappa shape index (κ1) is 25.9. The molecule has 0 aliphatic heterocycles. The van der Waals surface area contributed by atoms with Crippen molar-refractivity contribution in [3.63, 3.8) is 0 Å². The Bertz CT molecular complexity index is 845. The average Bonchev–Trinajstić information content (AvgIpc) is 3.11. The van der Waals surface area contributed by atoms with E-state index in [1.54, 1.807) is 0 Å². The Morgan fingerprint density at radius 3 is 2.41 bits per heavy atom. The van der Waals surface area contributed by atoms with E-state index in [4.69, 9.17) is 4.74 Å². The Kier molecular flexibility index (Phi) is 6.92. The number of ether oxygens (including phenoxy) is 1. The molecule has 0 spiro atoms. The topological polar surface area (TPSA) is 66.8 Å². The number of fused-ring (bicyclic) bond motifs is 5. The van der Waals surface area contributed by atoms with E-state index in [9.17, 15) is 15.0 Å². The van der Waals surface area contributed by atoms with Crippen LogP contribution in [0.4, 0.5) is 0 Å². The second-order valence-electron chi connectivity index (χ2n) is 13.1. The number of hydrogen-bond acceptors (Lipinski definition) is 4. The number of esters is 1. The molecule has 10 atom stereocenters. The molecule has 0 radical (unpaired) electrons. The number of allylic oxidation sites excluding steroid dienone is 3. The lowest BCUT2D eigenvalue weighted by atomic mass is 9.45. The summed E-state index contributed by atoms with van der Waals surface area (Å²) in [7, 11) is 0. The van der Waals surface area contributed by atoms with Crippen molar-refractivity contribution in [1.29, 1.82) is 0 Å². The maximum absolute atomic E-state index is 11.9. The molecule has 0 bridgehead atoms. The minimum absolute atomic E-state index is 0.244. The lowest BCUT2D eigenvalue weighted by Gasteiger charge is -2.62. The van der Waals surface area contributed by atoms with Gasteiger partial charge in [-0.3, -0.25) is 4.79 Å². The van der Waals surface area contributed by atoms with Crippen molar-refractivity contribution in [1.82, 2.24) is 0 Å². The molecule has 0 aromatic carbocycles. The Morgan fingerprint density at radius 2 is 1.76 bits per heavy atom. The molecule has 6 unspecified atom stereocenters. The summed E-state index contributed by atoms with van der Waals surface area (Å²) in [5.41, 5.74) is 0.0285. The van der Waals surface area contributed by atoms with Gasteiger partial charge in [0.15, 0.2) is 0 Å². The van der Waals surface area contributed by atoms with E-state index >= 15 is 0 Å². The SMILES string of the molecule is CC(=O)O[C@@H]1CC[C@@]2(C)C3CC[C@]4(C)C(CC[C@H]4C(C)/C=C\C(C)C(C)C)C3=CC(O)C2(O)C1. The van der Waals surface area contributed by atoms with E-state index in [1.165, 1.54) is 31.8 Å². The highest BCUT2D eigenvalue weighted by Crippen LogP contribution is 2.67. The Labute approximate surface area is 207 Å². The van der Waals surface area contributed by atoms with E-state index in [0.717, 1.165) is 19.3 Å². The van der Waals surface area contributed by atoms with Crippen LogP contribution in [0.1, 0.15) is 93.4 Å². The number of aliphatic hydroxyl groups excluding tert-OH is 1. The highest BCUT2D eigenvalue weighted by atomic mass is 16.5. The van der Waals surface area contributed by atoms with Gasteiger partial charge in [0.2, 0.25) is 0 Å². The number of rotatable bonds is 5. The summed E-state index contributed by atoms with van der Waals surface area (Å²) in [4.78, 5) is 11.5. The van der Waals surface area contributed by atoms with Crippen molar-refractivity contribution in [2.75, 3.05) is 0 Å². The third kappa shape index (κ3) is 4.01. The summed E-state index contributed by atoms with van der Waals surface area (Å²) in [6.07, 6.45) is 12.2. The molecule has 0 aromatic rings. The molecule has 0 amide bonds. The van der Waals surface area contributed by atoms with E-state index in [1.807, 2.05) is 6.08 Å². The summed E-state index contributed by atoms with van der Waals surface area (Å²) in [6.45, 7) is 15.4. The Balaban J connectivity index is 1.59. The summed E-state index contributed by atoms with van der Waals surface area (Å²) in [5, 5.41) is 23.2.